The third kappa shape index (κ3) is 4.90. The summed E-state index contributed by atoms with van der Waals surface area (Å²) in [7, 11) is 0. The number of hydrogen-bond acceptors (Lipinski definition) is 4. The van der Waals surface area contributed by atoms with E-state index in [2.05, 4.69) is 107 Å². The van der Waals surface area contributed by atoms with Gasteiger partial charge < -0.3 is 10.0 Å². The van der Waals surface area contributed by atoms with E-state index in [9.17, 15) is 5.11 Å². The lowest BCUT2D eigenvalue weighted by molar-refractivity contribution is 0.0580. The van der Waals surface area contributed by atoms with Crippen LogP contribution in [0.4, 0.5) is 0 Å². The van der Waals surface area contributed by atoms with Gasteiger partial charge in [0, 0.05) is 37.4 Å². The Hall–Kier alpha value is -2.50. The molecule has 1 aliphatic rings. The van der Waals surface area contributed by atoms with E-state index in [4.69, 9.17) is 0 Å². The van der Waals surface area contributed by atoms with Gasteiger partial charge in [0.25, 0.3) is 0 Å². The second-order valence-corrected chi connectivity index (χ2v) is 10.1. The van der Waals surface area contributed by atoms with E-state index in [-0.39, 0.29) is 12.0 Å². The molecule has 4 aromatic rings. The van der Waals surface area contributed by atoms with Crippen LogP contribution in [0.15, 0.2) is 90.3 Å². The van der Waals surface area contributed by atoms with Gasteiger partial charge in [-0.15, -0.1) is 11.3 Å². The fourth-order valence-electron chi connectivity index (χ4n) is 5.13. The zero-order chi connectivity index (χ0) is 22.6. The molecule has 0 amide bonds. The second kappa shape index (κ2) is 10.2. The molecule has 5 rings (SSSR count). The molecule has 3 nitrogen and oxygen atoms in total. The molecule has 1 aliphatic heterocycles. The summed E-state index contributed by atoms with van der Waals surface area (Å²) in [6, 6.07) is 30.4. The van der Waals surface area contributed by atoms with E-state index in [1.54, 1.807) is 11.3 Å². The van der Waals surface area contributed by atoms with Crippen molar-refractivity contribution in [1.82, 2.24) is 9.80 Å². The number of benzene rings is 3. The van der Waals surface area contributed by atoms with Crippen LogP contribution in [0.3, 0.4) is 0 Å². The van der Waals surface area contributed by atoms with Gasteiger partial charge in [0.1, 0.15) is 0 Å². The molecule has 3 aromatic carbocycles. The molecule has 0 bridgehead atoms. The van der Waals surface area contributed by atoms with Crippen LogP contribution in [0.2, 0.25) is 0 Å². The summed E-state index contributed by atoms with van der Waals surface area (Å²) in [6.45, 7) is 7.20. The van der Waals surface area contributed by atoms with Gasteiger partial charge in [-0.2, -0.15) is 0 Å². The van der Waals surface area contributed by atoms with E-state index in [0.29, 0.717) is 0 Å². The van der Waals surface area contributed by atoms with Gasteiger partial charge in [-0.25, -0.2) is 0 Å². The average molecular weight is 457 g/mol. The van der Waals surface area contributed by atoms with Crippen molar-refractivity contribution >= 4 is 21.4 Å². The number of hydrogen-bond donors (Lipinski definition) is 1. The Morgan fingerprint density at radius 1 is 0.788 bits per heavy atom. The first kappa shape index (κ1) is 22.3. The Morgan fingerprint density at radius 3 is 2.00 bits per heavy atom. The van der Waals surface area contributed by atoms with Crippen LogP contribution in [-0.4, -0.2) is 47.6 Å². The first-order chi connectivity index (χ1) is 16.2. The Bertz CT molecular complexity index is 1110. The average Bonchev–Trinajstić information content (AvgIpc) is 3.30. The highest BCUT2D eigenvalue weighted by Gasteiger charge is 2.28. The molecule has 0 spiro atoms. The van der Waals surface area contributed by atoms with Crippen molar-refractivity contribution < 1.29 is 5.11 Å². The highest BCUT2D eigenvalue weighted by molar-refractivity contribution is 7.17. The molecule has 2 heterocycles. The first-order valence-electron chi connectivity index (χ1n) is 11.9. The van der Waals surface area contributed by atoms with Crippen LogP contribution >= 0.6 is 11.3 Å². The van der Waals surface area contributed by atoms with Crippen LogP contribution in [0.5, 0.6) is 0 Å². The molecule has 1 fully saturated rings. The highest BCUT2D eigenvalue weighted by Crippen LogP contribution is 2.34. The molecular weight excluding hydrogens is 424 g/mol. The smallest absolute Gasteiger partial charge is 0.0841 e. The van der Waals surface area contributed by atoms with Crippen LogP contribution in [0.1, 0.15) is 35.8 Å². The van der Waals surface area contributed by atoms with E-state index < -0.39 is 6.10 Å². The van der Waals surface area contributed by atoms with Crippen molar-refractivity contribution in [3.05, 3.63) is 107 Å². The van der Waals surface area contributed by atoms with E-state index in [1.807, 2.05) is 0 Å². The molecule has 0 saturated carbocycles. The van der Waals surface area contributed by atoms with Gasteiger partial charge in [-0.05, 0) is 39.4 Å². The Morgan fingerprint density at radius 2 is 1.36 bits per heavy atom. The largest absolute Gasteiger partial charge is 0.388 e. The van der Waals surface area contributed by atoms with Gasteiger partial charge in [0.2, 0.25) is 0 Å². The minimum Gasteiger partial charge on any atom is -0.388 e. The summed E-state index contributed by atoms with van der Waals surface area (Å²) in [4.78, 5) is 5.13. The van der Waals surface area contributed by atoms with Gasteiger partial charge in [-0.1, -0.05) is 85.8 Å². The van der Waals surface area contributed by atoms with Crippen molar-refractivity contribution in [1.29, 1.82) is 0 Å². The number of piperazine rings is 1. The predicted octanol–water partition coefficient (Wildman–Crippen LogP) is 5.98. The summed E-state index contributed by atoms with van der Waals surface area (Å²) in [5, 5.41) is 14.4. The Kier molecular flexibility index (Phi) is 6.88. The summed E-state index contributed by atoms with van der Waals surface area (Å²) in [5.41, 5.74) is 3.78. The maximum atomic E-state index is 11.1. The second-order valence-electron chi connectivity index (χ2n) is 9.17. The lowest BCUT2D eigenvalue weighted by Crippen LogP contribution is -2.49. The molecule has 2 unspecified atom stereocenters. The third-order valence-electron chi connectivity index (χ3n) is 6.92. The molecule has 1 saturated heterocycles. The lowest BCUT2D eigenvalue weighted by atomic mass is 9.95. The quantitative estimate of drug-likeness (QED) is 0.371. The number of nitrogens with zero attached hydrogens (tertiary/aromatic N) is 2. The zero-order valence-electron chi connectivity index (χ0n) is 19.2. The molecule has 1 aromatic heterocycles. The van der Waals surface area contributed by atoms with Crippen molar-refractivity contribution in [2.75, 3.05) is 32.7 Å². The lowest BCUT2D eigenvalue weighted by Gasteiger charge is -2.41. The molecular formula is C29H32N2OS. The number of thiophene rings is 1. The maximum absolute atomic E-state index is 11.1. The molecule has 4 heteroatoms. The third-order valence-corrected chi connectivity index (χ3v) is 7.90. The summed E-state index contributed by atoms with van der Waals surface area (Å²) < 4.78 is 1.25. The minimum atomic E-state index is -0.430. The van der Waals surface area contributed by atoms with Crippen LogP contribution in [-0.2, 0) is 0 Å². The van der Waals surface area contributed by atoms with Crippen LogP contribution in [0, 0.1) is 5.92 Å². The Balaban J connectivity index is 1.24. The molecule has 170 valence electrons. The van der Waals surface area contributed by atoms with E-state index in [1.165, 1.54) is 21.2 Å². The van der Waals surface area contributed by atoms with Crippen molar-refractivity contribution in [3.8, 4) is 0 Å². The fourth-order valence-corrected chi connectivity index (χ4v) is 6.12. The highest BCUT2D eigenvalue weighted by atomic mass is 32.1. The predicted molar refractivity (Wildman–Crippen MR) is 139 cm³/mol. The standard InChI is InChI=1S/C29H32N2OS/c1-22(29(32)26-21-33-27-15-9-8-14-25(26)27)20-30-16-18-31(19-17-30)28(23-10-4-2-5-11-23)24-12-6-3-7-13-24/h2-15,21-22,28-29,32H,16-20H2,1H3. The normalized spacial score (nSPS) is 17.4. The van der Waals surface area contributed by atoms with Crippen molar-refractivity contribution in [2.24, 2.45) is 5.92 Å². The Labute approximate surface area is 200 Å². The van der Waals surface area contributed by atoms with Crippen molar-refractivity contribution in [2.45, 2.75) is 19.1 Å². The summed E-state index contributed by atoms with van der Waals surface area (Å²) in [5.74, 6) is 0.189. The van der Waals surface area contributed by atoms with Gasteiger partial charge in [0.15, 0.2) is 0 Å². The summed E-state index contributed by atoms with van der Waals surface area (Å²) >= 11 is 1.72. The van der Waals surface area contributed by atoms with E-state index in [0.717, 1.165) is 38.3 Å². The molecule has 2 atom stereocenters. The topological polar surface area (TPSA) is 26.7 Å². The van der Waals surface area contributed by atoms with Crippen LogP contribution in [0.25, 0.3) is 10.1 Å². The molecule has 1 N–H and O–H groups in total. The number of fused-ring (bicyclic) bond motifs is 1. The molecule has 33 heavy (non-hydrogen) atoms. The molecule has 0 radical (unpaired) electrons. The minimum absolute atomic E-state index is 0.189. The SMILES string of the molecule is CC(CN1CCN(C(c2ccccc2)c2ccccc2)CC1)C(O)c1csc2ccccc12. The first-order valence-corrected chi connectivity index (χ1v) is 12.8. The van der Waals surface area contributed by atoms with Gasteiger partial charge in [-0.3, -0.25) is 4.90 Å². The van der Waals surface area contributed by atoms with E-state index >= 15 is 0 Å². The fraction of sp³-hybridized carbons (Fsp3) is 0.310. The molecule has 0 aliphatic carbocycles. The number of rotatable bonds is 7. The monoisotopic (exact) mass is 456 g/mol. The zero-order valence-corrected chi connectivity index (χ0v) is 20.0. The number of aliphatic hydroxyl groups is 1. The van der Waals surface area contributed by atoms with Gasteiger partial charge in [0.05, 0.1) is 12.1 Å². The number of aliphatic hydroxyl groups excluding tert-OH is 1. The maximum Gasteiger partial charge on any atom is 0.0841 e. The van der Waals surface area contributed by atoms with Crippen LogP contribution < -0.4 is 0 Å². The summed E-state index contributed by atoms with van der Waals surface area (Å²) in [6.07, 6.45) is -0.430. The van der Waals surface area contributed by atoms with Crippen molar-refractivity contribution in [3.63, 3.8) is 0 Å². The van der Waals surface area contributed by atoms with Gasteiger partial charge >= 0.3 is 0 Å².